The van der Waals surface area contributed by atoms with Gasteiger partial charge in [-0.2, -0.15) is 0 Å². The molecule has 0 amide bonds. The Balaban J connectivity index is 2.31. The van der Waals surface area contributed by atoms with Gasteiger partial charge in [-0.05, 0) is 23.0 Å². The van der Waals surface area contributed by atoms with Gasteiger partial charge < -0.3 is 4.74 Å². The van der Waals surface area contributed by atoms with E-state index >= 15 is 0 Å². The second-order valence-corrected chi connectivity index (χ2v) is 7.30. The van der Waals surface area contributed by atoms with Gasteiger partial charge in [0, 0.05) is 5.56 Å². The number of hydrogen-bond donors (Lipinski definition) is 0. The molecule has 2 heteroatoms. The molecule has 0 fully saturated rings. The average Bonchev–Trinajstić information content (AvgIpc) is 2.47. The molecule has 0 saturated carbocycles. The fraction of sp³-hybridized carbons (Fsp3) is 0.381. The maximum absolute atomic E-state index is 12.8. The van der Waals surface area contributed by atoms with E-state index in [1.165, 1.54) is 0 Å². The fourth-order valence-electron chi connectivity index (χ4n) is 2.80. The Bertz CT molecular complexity index is 651. The molecule has 0 N–H and O–H groups in total. The van der Waals surface area contributed by atoms with Crippen molar-refractivity contribution in [3.8, 4) is 5.75 Å². The molecule has 23 heavy (non-hydrogen) atoms. The van der Waals surface area contributed by atoms with Crippen molar-refractivity contribution in [1.82, 2.24) is 0 Å². The topological polar surface area (TPSA) is 26.3 Å². The molecule has 2 aromatic rings. The molecule has 2 aromatic carbocycles. The van der Waals surface area contributed by atoms with Crippen LogP contribution in [-0.2, 0) is 10.2 Å². The summed E-state index contributed by atoms with van der Waals surface area (Å²) in [6.07, 6.45) is 0. The van der Waals surface area contributed by atoms with Crippen molar-refractivity contribution in [2.75, 3.05) is 0 Å². The smallest absolute Gasteiger partial charge is 0.319 e. The van der Waals surface area contributed by atoms with Crippen molar-refractivity contribution >= 4 is 5.97 Å². The van der Waals surface area contributed by atoms with E-state index in [0.29, 0.717) is 5.75 Å². The van der Waals surface area contributed by atoms with Gasteiger partial charge in [-0.25, -0.2) is 0 Å². The van der Waals surface area contributed by atoms with Crippen molar-refractivity contribution in [3.63, 3.8) is 0 Å². The lowest BCUT2D eigenvalue weighted by Crippen LogP contribution is -2.24. The van der Waals surface area contributed by atoms with Gasteiger partial charge in [0.05, 0.1) is 5.92 Å². The number of ether oxygens (including phenoxy) is 1. The van der Waals surface area contributed by atoms with Gasteiger partial charge in [0.2, 0.25) is 0 Å². The van der Waals surface area contributed by atoms with Crippen LogP contribution in [0, 0.1) is 5.92 Å². The molecule has 0 aromatic heterocycles. The van der Waals surface area contributed by atoms with E-state index in [0.717, 1.165) is 11.1 Å². The van der Waals surface area contributed by atoms with Crippen molar-refractivity contribution in [1.29, 1.82) is 0 Å². The van der Waals surface area contributed by atoms with Crippen molar-refractivity contribution in [2.24, 2.45) is 5.92 Å². The van der Waals surface area contributed by atoms with E-state index in [4.69, 9.17) is 4.74 Å². The lowest BCUT2D eigenvalue weighted by molar-refractivity contribution is -0.137. The van der Waals surface area contributed by atoms with Crippen LogP contribution in [0.4, 0.5) is 0 Å². The SMILES string of the molecule is CC(C)[C@H](C(=O)Oc1ccccc1C(C)(C)C)c1ccccc1. The Morgan fingerprint density at radius 3 is 2.04 bits per heavy atom. The van der Waals surface area contributed by atoms with Crippen LogP contribution < -0.4 is 4.74 Å². The summed E-state index contributed by atoms with van der Waals surface area (Å²) in [5.41, 5.74) is 1.97. The van der Waals surface area contributed by atoms with Crippen LogP contribution in [0.25, 0.3) is 0 Å². The number of esters is 1. The first-order valence-electron chi connectivity index (χ1n) is 8.17. The summed E-state index contributed by atoms with van der Waals surface area (Å²) in [6.45, 7) is 10.5. The highest BCUT2D eigenvalue weighted by Crippen LogP contribution is 2.33. The van der Waals surface area contributed by atoms with Crippen LogP contribution in [0.3, 0.4) is 0 Å². The Morgan fingerprint density at radius 2 is 1.48 bits per heavy atom. The molecular formula is C21H26O2. The van der Waals surface area contributed by atoms with E-state index in [1.807, 2.05) is 54.6 Å². The van der Waals surface area contributed by atoms with Gasteiger partial charge in [0.15, 0.2) is 0 Å². The molecule has 0 saturated heterocycles. The highest BCUT2D eigenvalue weighted by atomic mass is 16.5. The second-order valence-electron chi connectivity index (χ2n) is 7.30. The summed E-state index contributed by atoms with van der Waals surface area (Å²) in [4.78, 5) is 12.8. The number of carbonyl (C=O) groups is 1. The predicted octanol–water partition coefficient (Wildman–Crippen LogP) is 5.33. The van der Waals surface area contributed by atoms with E-state index in [1.54, 1.807) is 0 Å². The number of para-hydroxylation sites is 1. The highest BCUT2D eigenvalue weighted by molar-refractivity contribution is 5.81. The molecule has 0 heterocycles. The zero-order valence-corrected chi connectivity index (χ0v) is 14.7. The maximum atomic E-state index is 12.8. The third-order valence-electron chi connectivity index (χ3n) is 3.98. The first kappa shape index (κ1) is 17.3. The molecule has 0 radical (unpaired) electrons. The summed E-state index contributed by atoms with van der Waals surface area (Å²) in [5.74, 6) is 0.380. The average molecular weight is 310 g/mol. The van der Waals surface area contributed by atoms with E-state index in [2.05, 4.69) is 34.6 Å². The number of hydrogen-bond acceptors (Lipinski definition) is 2. The molecule has 0 aliphatic carbocycles. The standard InChI is InChI=1S/C21H26O2/c1-15(2)19(16-11-7-6-8-12-16)20(22)23-18-14-10-9-13-17(18)21(3,4)5/h6-15,19H,1-5H3/t19-/m0/s1. The zero-order valence-electron chi connectivity index (χ0n) is 14.7. The van der Waals surface area contributed by atoms with Crippen LogP contribution >= 0.6 is 0 Å². The first-order chi connectivity index (χ1) is 10.8. The van der Waals surface area contributed by atoms with Crippen LogP contribution in [0.2, 0.25) is 0 Å². The third kappa shape index (κ3) is 4.22. The summed E-state index contributed by atoms with van der Waals surface area (Å²) in [6, 6.07) is 17.6. The minimum atomic E-state index is -0.260. The lowest BCUT2D eigenvalue weighted by atomic mass is 9.86. The normalized spacial score (nSPS) is 13.0. The van der Waals surface area contributed by atoms with Gasteiger partial charge >= 0.3 is 5.97 Å². The molecule has 0 bridgehead atoms. The summed E-state index contributed by atoms with van der Waals surface area (Å²) < 4.78 is 5.81. The van der Waals surface area contributed by atoms with Gasteiger partial charge in [0.25, 0.3) is 0 Å². The van der Waals surface area contributed by atoms with Crippen molar-refractivity contribution < 1.29 is 9.53 Å². The van der Waals surface area contributed by atoms with Crippen LogP contribution in [0.1, 0.15) is 51.7 Å². The molecular weight excluding hydrogens is 284 g/mol. The lowest BCUT2D eigenvalue weighted by Gasteiger charge is -2.24. The number of carbonyl (C=O) groups excluding carboxylic acids is 1. The summed E-state index contributed by atoms with van der Waals surface area (Å²) in [5, 5.41) is 0. The zero-order chi connectivity index (χ0) is 17.0. The molecule has 0 spiro atoms. The molecule has 0 aliphatic heterocycles. The quantitative estimate of drug-likeness (QED) is 0.563. The molecule has 2 nitrogen and oxygen atoms in total. The molecule has 122 valence electrons. The summed E-state index contributed by atoms with van der Waals surface area (Å²) in [7, 11) is 0. The largest absolute Gasteiger partial charge is 0.426 e. The van der Waals surface area contributed by atoms with Crippen LogP contribution in [0.5, 0.6) is 5.75 Å². The van der Waals surface area contributed by atoms with Crippen molar-refractivity contribution in [3.05, 3.63) is 65.7 Å². The Morgan fingerprint density at radius 1 is 0.913 bits per heavy atom. The summed E-state index contributed by atoms with van der Waals surface area (Å²) >= 11 is 0. The molecule has 2 rings (SSSR count). The maximum Gasteiger partial charge on any atom is 0.319 e. The third-order valence-corrected chi connectivity index (χ3v) is 3.98. The fourth-order valence-corrected chi connectivity index (χ4v) is 2.80. The van der Waals surface area contributed by atoms with Gasteiger partial charge in [-0.15, -0.1) is 0 Å². The highest BCUT2D eigenvalue weighted by Gasteiger charge is 2.28. The van der Waals surface area contributed by atoms with Crippen LogP contribution in [0.15, 0.2) is 54.6 Å². The molecule has 0 unspecified atom stereocenters. The van der Waals surface area contributed by atoms with Crippen LogP contribution in [-0.4, -0.2) is 5.97 Å². The van der Waals surface area contributed by atoms with E-state index < -0.39 is 0 Å². The Labute approximate surface area is 139 Å². The Kier molecular flexibility index (Phi) is 5.25. The second kappa shape index (κ2) is 6.99. The minimum Gasteiger partial charge on any atom is -0.426 e. The van der Waals surface area contributed by atoms with Gasteiger partial charge in [-0.1, -0.05) is 83.1 Å². The van der Waals surface area contributed by atoms with Gasteiger partial charge in [-0.3, -0.25) is 4.79 Å². The molecule has 0 aliphatic rings. The number of rotatable bonds is 4. The van der Waals surface area contributed by atoms with E-state index in [9.17, 15) is 4.79 Å². The molecule has 1 atom stereocenters. The Hall–Kier alpha value is -2.09. The van der Waals surface area contributed by atoms with Gasteiger partial charge in [0.1, 0.15) is 5.75 Å². The predicted molar refractivity (Wildman–Crippen MR) is 94.8 cm³/mol. The number of benzene rings is 2. The minimum absolute atomic E-state index is 0.0725. The van der Waals surface area contributed by atoms with E-state index in [-0.39, 0.29) is 23.2 Å². The first-order valence-corrected chi connectivity index (χ1v) is 8.17. The monoisotopic (exact) mass is 310 g/mol. The van der Waals surface area contributed by atoms with Crippen molar-refractivity contribution in [2.45, 2.75) is 46.0 Å².